The second-order valence-corrected chi connectivity index (χ2v) is 5.28. The number of carbonyl (C=O) groups is 1. The Labute approximate surface area is 126 Å². The lowest BCUT2D eigenvalue weighted by molar-refractivity contribution is -0.138. The fraction of sp³-hybridized carbons (Fsp3) is 0.188. The second kappa shape index (κ2) is 6.57. The number of hydrogen-bond acceptors (Lipinski definition) is 2. The first-order chi connectivity index (χ1) is 9.63. The van der Waals surface area contributed by atoms with Gasteiger partial charge in [0.05, 0.1) is 13.0 Å². The Morgan fingerprint density at radius 2 is 1.85 bits per heavy atom. The summed E-state index contributed by atoms with van der Waals surface area (Å²) in [4.78, 5) is 11.6. The number of carboxylic acids is 1. The zero-order valence-corrected chi connectivity index (χ0v) is 12.6. The number of halogens is 1. The van der Waals surface area contributed by atoms with Gasteiger partial charge in [0.1, 0.15) is 5.75 Å². The number of hydrogen-bond donors (Lipinski definition) is 1. The molecule has 104 valence electrons. The monoisotopic (exact) mass is 334 g/mol. The summed E-state index contributed by atoms with van der Waals surface area (Å²) in [6.45, 7) is 0. The largest absolute Gasteiger partial charge is 0.496 e. The lowest BCUT2D eigenvalue weighted by atomic mass is 9.91. The zero-order chi connectivity index (χ0) is 14.5. The van der Waals surface area contributed by atoms with Crippen LogP contribution < -0.4 is 4.74 Å². The Balaban J connectivity index is 2.37. The molecule has 0 aliphatic heterocycles. The normalized spacial score (nSPS) is 11.9. The maximum absolute atomic E-state index is 11.6. The van der Waals surface area contributed by atoms with Gasteiger partial charge in [-0.15, -0.1) is 0 Å². The lowest BCUT2D eigenvalue weighted by Gasteiger charge is -2.16. The minimum Gasteiger partial charge on any atom is -0.496 e. The van der Waals surface area contributed by atoms with Crippen LogP contribution in [0.4, 0.5) is 0 Å². The molecule has 0 aliphatic carbocycles. The molecule has 0 amide bonds. The van der Waals surface area contributed by atoms with Crippen LogP contribution in [0.3, 0.4) is 0 Å². The molecule has 1 N–H and O–H groups in total. The Morgan fingerprint density at radius 3 is 2.50 bits per heavy atom. The van der Waals surface area contributed by atoms with Gasteiger partial charge in [-0.2, -0.15) is 0 Å². The highest BCUT2D eigenvalue weighted by Crippen LogP contribution is 2.31. The van der Waals surface area contributed by atoms with E-state index >= 15 is 0 Å². The van der Waals surface area contributed by atoms with Crippen molar-refractivity contribution in [2.24, 2.45) is 0 Å². The van der Waals surface area contributed by atoms with Gasteiger partial charge in [-0.1, -0.05) is 52.3 Å². The molecule has 0 saturated carbocycles. The standard InChI is InChI=1S/C16H15BrO3/c1-20-15-9-5-3-7-12(15)13(16(18)19)10-11-6-2-4-8-14(11)17/h2-9,13H,10H2,1H3,(H,18,19). The Morgan fingerprint density at radius 1 is 1.20 bits per heavy atom. The molecule has 0 heterocycles. The number of ether oxygens (including phenoxy) is 1. The molecule has 0 bridgehead atoms. The first kappa shape index (κ1) is 14.6. The fourth-order valence-corrected chi connectivity index (χ4v) is 2.62. The molecule has 0 aliphatic rings. The van der Waals surface area contributed by atoms with Gasteiger partial charge < -0.3 is 9.84 Å². The molecule has 0 radical (unpaired) electrons. The maximum atomic E-state index is 11.6. The molecule has 0 saturated heterocycles. The summed E-state index contributed by atoms with van der Waals surface area (Å²) in [5, 5.41) is 9.53. The van der Waals surface area contributed by atoms with Gasteiger partial charge in [-0.05, 0) is 24.1 Å². The van der Waals surface area contributed by atoms with Crippen LogP contribution in [0, 0.1) is 0 Å². The van der Waals surface area contributed by atoms with Crippen molar-refractivity contribution in [1.82, 2.24) is 0 Å². The smallest absolute Gasteiger partial charge is 0.311 e. The van der Waals surface area contributed by atoms with Gasteiger partial charge >= 0.3 is 5.97 Å². The highest BCUT2D eigenvalue weighted by atomic mass is 79.9. The van der Waals surface area contributed by atoms with E-state index in [-0.39, 0.29) is 0 Å². The molecule has 1 unspecified atom stereocenters. The minimum atomic E-state index is -0.856. The van der Waals surface area contributed by atoms with Gasteiger partial charge in [-0.25, -0.2) is 0 Å². The van der Waals surface area contributed by atoms with Crippen molar-refractivity contribution in [3.8, 4) is 5.75 Å². The third kappa shape index (κ3) is 3.20. The van der Waals surface area contributed by atoms with Crippen molar-refractivity contribution >= 4 is 21.9 Å². The van der Waals surface area contributed by atoms with Crippen molar-refractivity contribution in [2.75, 3.05) is 7.11 Å². The molecular formula is C16H15BrO3. The van der Waals surface area contributed by atoms with Crippen molar-refractivity contribution in [1.29, 1.82) is 0 Å². The summed E-state index contributed by atoms with van der Waals surface area (Å²) in [7, 11) is 1.55. The number of para-hydroxylation sites is 1. The lowest BCUT2D eigenvalue weighted by Crippen LogP contribution is -2.15. The van der Waals surface area contributed by atoms with E-state index in [1.165, 1.54) is 0 Å². The molecule has 4 heteroatoms. The summed E-state index contributed by atoms with van der Waals surface area (Å²) in [5.74, 6) is -0.887. The van der Waals surface area contributed by atoms with Crippen LogP contribution in [0.1, 0.15) is 17.0 Å². The average Bonchev–Trinajstić information content (AvgIpc) is 2.46. The molecule has 1 atom stereocenters. The number of carboxylic acid groups (broad SMARTS) is 1. The van der Waals surface area contributed by atoms with Gasteiger partial charge in [0.15, 0.2) is 0 Å². The fourth-order valence-electron chi connectivity index (χ4n) is 2.17. The molecule has 2 aromatic rings. The van der Waals surface area contributed by atoms with Gasteiger partial charge in [0.2, 0.25) is 0 Å². The van der Waals surface area contributed by atoms with E-state index in [9.17, 15) is 9.90 Å². The van der Waals surface area contributed by atoms with Crippen molar-refractivity contribution < 1.29 is 14.6 Å². The molecular weight excluding hydrogens is 320 g/mol. The highest BCUT2D eigenvalue weighted by Gasteiger charge is 2.24. The minimum absolute atomic E-state index is 0.414. The summed E-state index contributed by atoms with van der Waals surface area (Å²) in [5.41, 5.74) is 1.66. The number of rotatable bonds is 5. The van der Waals surface area contributed by atoms with Gasteiger partial charge in [0, 0.05) is 10.0 Å². The zero-order valence-electron chi connectivity index (χ0n) is 11.0. The SMILES string of the molecule is COc1ccccc1C(Cc1ccccc1Br)C(=O)O. The second-order valence-electron chi connectivity index (χ2n) is 4.43. The molecule has 2 rings (SSSR count). The van der Waals surface area contributed by atoms with E-state index in [0.717, 1.165) is 10.0 Å². The number of benzene rings is 2. The topological polar surface area (TPSA) is 46.5 Å². The third-order valence-electron chi connectivity index (χ3n) is 3.19. The van der Waals surface area contributed by atoms with Crippen LogP contribution in [-0.4, -0.2) is 18.2 Å². The van der Waals surface area contributed by atoms with Crippen molar-refractivity contribution in [3.63, 3.8) is 0 Å². The maximum Gasteiger partial charge on any atom is 0.311 e. The van der Waals surface area contributed by atoms with Gasteiger partial charge in [0.25, 0.3) is 0 Å². The van der Waals surface area contributed by atoms with Crippen molar-refractivity contribution in [3.05, 3.63) is 64.1 Å². The van der Waals surface area contributed by atoms with Crippen LogP contribution in [0.5, 0.6) is 5.75 Å². The Hall–Kier alpha value is -1.81. The quantitative estimate of drug-likeness (QED) is 0.902. The molecule has 3 nitrogen and oxygen atoms in total. The van der Waals surface area contributed by atoms with E-state index < -0.39 is 11.9 Å². The summed E-state index contributed by atoms with van der Waals surface area (Å²) in [6.07, 6.45) is 0.414. The van der Waals surface area contributed by atoms with E-state index in [4.69, 9.17) is 4.74 Å². The molecule has 0 fully saturated rings. The summed E-state index contributed by atoms with van der Waals surface area (Å²) < 4.78 is 6.19. The first-order valence-electron chi connectivity index (χ1n) is 6.22. The first-order valence-corrected chi connectivity index (χ1v) is 7.02. The average molecular weight is 335 g/mol. The van der Waals surface area contributed by atoms with E-state index in [0.29, 0.717) is 17.7 Å². The predicted octanol–water partition coefficient (Wildman–Crippen LogP) is 3.87. The Bertz CT molecular complexity index is 610. The molecule has 0 spiro atoms. The van der Waals surface area contributed by atoms with Gasteiger partial charge in [-0.3, -0.25) is 4.79 Å². The number of aliphatic carboxylic acids is 1. The van der Waals surface area contributed by atoms with E-state index in [1.54, 1.807) is 19.2 Å². The van der Waals surface area contributed by atoms with Crippen LogP contribution in [0.15, 0.2) is 53.0 Å². The van der Waals surface area contributed by atoms with E-state index in [2.05, 4.69) is 15.9 Å². The molecule has 20 heavy (non-hydrogen) atoms. The van der Waals surface area contributed by atoms with Crippen molar-refractivity contribution in [2.45, 2.75) is 12.3 Å². The van der Waals surface area contributed by atoms with E-state index in [1.807, 2.05) is 36.4 Å². The number of methoxy groups -OCH3 is 1. The summed E-state index contributed by atoms with van der Waals surface area (Å²) >= 11 is 3.46. The van der Waals surface area contributed by atoms with Crippen LogP contribution in [-0.2, 0) is 11.2 Å². The molecule has 2 aromatic carbocycles. The third-order valence-corrected chi connectivity index (χ3v) is 3.97. The van der Waals surface area contributed by atoms with Crippen LogP contribution in [0.2, 0.25) is 0 Å². The Kier molecular flexibility index (Phi) is 4.79. The predicted molar refractivity (Wildman–Crippen MR) is 81.2 cm³/mol. The van der Waals surface area contributed by atoms with Crippen LogP contribution >= 0.6 is 15.9 Å². The highest BCUT2D eigenvalue weighted by molar-refractivity contribution is 9.10. The molecule has 0 aromatic heterocycles. The van der Waals surface area contributed by atoms with Crippen LogP contribution in [0.25, 0.3) is 0 Å². The summed E-state index contributed by atoms with van der Waals surface area (Å²) in [6, 6.07) is 14.9.